The number of unbranched alkanes of at least 4 members (excludes halogenated alkanes) is 3. The maximum Gasteiger partial charge on any atom is 0.246 e. The topological polar surface area (TPSA) is 133 Å². The Morgan fingerprint density at radius 1 is 0.656 bits per heavy atom. The average Bonchev–Trinajstić information content (AvgIpc) is 2.79. The highest BCUT2D eigenvalue weighted by Crippen LogP contribution is 1.99. The second-order valence-corrected chi connectivity index (χ2v) is 7.12. The molecular formula is C22H34N4O6. The molecule has 2 N–H and O–H groups in total. The molecule has 0 atom stereocenters. The van der Waals surface area contributed by atoms with Crippen LogP contribution < -0.4 is 10.6 Å². The molecular weight excluding hydrogens is 416 g/mol. The van der Waals surface area contributed by atoms with Gasteiger partial charge >= 0.3 is 0 Å². The second-order valence-electron chi connectivity index (χ2n) is 7.12. The van der Waals surface area contributed by atoms with Gasteiger partial charge in [0.1, 0.15) is 12.6 Å². The number of amides is 4. The Kier molecular flexibility index (Phi) is 16.6. The third-order valence-corrected chi connectivity index (χ3v) is 4.48. The van der Waals surface area contributed by atoms with E-state index in [2.05, 4.69) is 10.6 Å². The number of hydrogen-bond acceptors (Lipinski definition) is 6. The van der Waals surface area contributed by atoms with Crippen LogP contribution in [0.5, 0.6) is 0 Å². The fourth-order valence-corrected chi connectivity index (χ4v) is 2.49. The third kappa shape index (κ3) is 15.5. The lowest BCUT2D eigenvalue weighted by Crippen LogP contribution is -2.32. The van der Waals surface area contributed by atoms with Gasteiger partial charge in [0, 0.05) is 65.3 Å². The summed E-state index contributed by atoms with van der Waals surface area (Å²) in [5, 5.41) is 5.60. The second kappa shape index (κ2) is 18.5. The number of aldehydes is 2. The van der Waals surface area contributed by atoms with Crippen molar-refractivity contribution < 1.29 is 28.8 Å². The van der Waals surface area contributed by atoms with Crippen molar-refractivity contribution in [2.24, 2.45) is 0 Å². The summed E-state index contributed by atoms with van der Waals surface area (Å²) >= 11 is 0. The molecule has 0 aromatic heterocycles. The summed E-state index contributed by atoms with van der Waals surface area (Å²) in [6, 6.07) is 0. The maximum atomic E-state index is 11.8. The van der Waals surface area contributed by atoms with Crippen LogP contribution in [0.15, 0.2) is 24.3 Å². The molecule has 0 aliphatic heterocycles. The van der Waals surface area contributed by atoms with E-state index >= 15 is 0 Å². The van der Waals surface area contributed by atoms with Crippen LogP contribution in [0.2, 0.25) is 0 Å². The lowest BCUT2D eigenvalue weighted by Gasteiger charge is -2.14. The molecule has 178 valence electrons. The first kappa shape index (κ1) is 28.7. The van der Waals surface area contributed by atoms with E-state index in [1.165, 1.54) is 9.80 Å². The van der Waals surface area contributed by atoms with Crippen molar-refractivity contribution in [1.82, 2.24) is 20.4 Å². The van der Waals surface area contributed by atoms with E-state index in [4.69, 9.17) is 0 Å². The lowest BCUT2D eigenvalue weighted by molar-refractivity contribution is -0.127. The Morgan fingerprint density at radius 2 is 1.03 bits per heavy atom. The van der Waals surface area contributed by atoms with Crippen LogP contribution in [0, 0.1) is 0 Å². The molecule has 0 aliphatic carbocycles. The molecule has 0 unspecified atom stereocenters. The monoisotopic (exact) mass is 450 g/mol. The largest absolute Gasteiger partial charge is 0.356 e. The van der Waals surface area contributed by atoms with Crippen LogP contribution in [0.4, 0.5) is 0 Å². The number of carbonyl (C=O) groups excluding carboxylic acids is 6. The van der Waals surface area contributed by atoms with Gasteiger partial charge in [0.05, 0.1) is 0 Å². The number of nitrogens with one attached hydrogen (secondary N) is 2. The molecule has 0 bridgehead atoms. The van der Waals surface area contributed by atoms with E-state index in [0.717, 1.165) is 50.0 Å². The first-order valence-electron chi connectivity index (χ1n) is 10.6. The van der Waals surface area contributed by atoms with Crippen LogP contribution in [0.25, 0.3) is 0 Å². The standard InChI is InChI=1S/C22H34N4O6/c1-25(21(31)9-7-17-27)15-11-19(29)23-13-5-3-4-6-14-24-20(30)12-16-26(2)22(32)10-8-18-28/h7-10,17-18H,3-6,11-16H2,1-2H3,(H,23,29)(H,24,30)/b9-7-,10-8-. The van der Waals surface area contributed by atoms with E-state index in [1.54, 1.807) is 14.1 Å². The minimum Gasteiger partial charge on any atom is -0.356 e. The summed E-state index contributed by atoms with van der Waals surface area (Å²) in [4.78, 5) is 69.8. The fraction of sp³-hybridized carbons (Fsp3) is 0.545. The zero-order valence-corrected chi connectivity index (χ0v) is 18.9. The highest BCUT2D eigenvalue weighted by Gasteiger charge is 2.09. The first-order chi connectivity index (χ1) is 15.3. The van der Waals surface area contributed by atoms with E-state index < -0.39 is 0 Å². The Bertz CT molecular complexity index is 632. The molecule has 0 rings (SSSR count). The number of allylic oxidation sites excluding steroid dienone is 2. The number of likely N-dealkylation sites (N-methyl/N-ethyl adjacent to an activating group) is 2. The highest BCUT2D eigenvalue weighted by atomic mass is 16.2. The quantitative estimate of drug-likeness (QED) is 0.182. The van der Waals surface area contributed by atoms with Gasteiger partial charge in [-0.05, 0) is 25.0 Å². The van der Waals surface area contributed by atoms with Crippen LogP contribution in [0.1, 0.15) is 38.5 Å². The van der Waals surface area contributed by atoms with Crippen molar-refractivity contribution >= 4 is 36.2 Å². The Labute approximate surface area is 189 Å². The van der Waals surface area contributed by atoms with Crippen molar-refractivity contribution in [3.05, 3.63) is 24.3 Å². The van der Waals surface area contributed by atoms with Gasteiger partial charge in [0.15, 0.2) is 0 Å². The Balaban J connectivity index is 3.69. The summed E-state index contributed by atoms with van der Waals surface area (Å²) < 4.78 is 0. The van der Waals surface area contributed by atoms with Crippen molar-refractivity contribution in [2.45, 2.75) is 38.5 Å². The minimum atomic E-state index is -0.329. The van der Waals surface area contributed by atoms with Crippen LogP contribution >= 0.6 is 0 Å². The molecule has 0 radical (unpaired) electrons. The van der Waals surface area contributed by atoms with Crippen molar-refractivity contribution in [1.29, 1.82) is 0 Å². The van der Waals surface area contributed by atoms with E-state index in [0.29, 0.717) is 25.7 Å². The molecule has 0 aliphatic rings. The van der Waals surface area contributed by atoms with Gasteiger partial charge in [-0.3, -0.25) is 28.8 Å². The number of rotatable bonds is 17. The Hall–Kier alpha value is -3.30. The summed E-state index contributed by atoms with van der Waals surface area (Å²) in [6.45, 7) is 1.64. The molecule has 10 heteroatoms. The molecule has 10 nitrogen and oxygen atoms in total. The van der Waals surface area contributed by atoms with E-state index in [1.807, 2.05) is 0 Å². The molecule has 0 saturated heterocycles. The molecule has 4 amide bonds. The summed E-state index contributed by atoms with van der Waals surface area (Å²) in [5.41, 5.74) is 0. The van der Waals surface area contributed by atoms with Crippen molar-refractivity contribution in [3.8, 4) is 0 Å². The highest BCUT2D eigenvalue weighted by molar-refractivity contribution is 5.91. The smallest absolute Gasteiger partial charge is 0.246 e. The maximum absolute atomic E-state index is 11.8. The van der Waals surface area contributed by atoms with Crippen molar-refractivity contribution in [3.63, 3.8) is 0 Å². The predicted octanol–water partition coefficient (Wildman–Crippen LogP) is -0.0136. The normalized spacial score (nSPS) is 10.7. The number of hydrogen-bond donors (Lipinski definition) is 2. The van der Waals surface area contributed by atoms with Gasteiger partial charge in [0.25, 0.3) is 0 Å². The molecule has 32 heavy (non-hydrogen) atoms. The van der Waals surface area contributed by atoms with Gasteiger partial charge in [-0.25, -0.2) is 0 Å². The predicted molar refractivity (Wildman–Crippen MR) is 119 cm³/mol. The minimum absolute atomic E-state index is 0.138. The average molecular weight is 451 g/mol. The van der Waals surface area contributed by atoms with E-state index in [-0.39, 0.29) is 49.6 Å². The molecule has 0 heterocycles. The van der Waals surface area contributed by atoms with Crippen LogP contribution in [-0.4, -0.2) is 86.3 Å². The summed E-state index contributed by atoms with van der Waals surface area (Å²) in [6.07, 6.45) is 9.42. The molecule has 0 aromatic carbocycles. The van der Waals surface area contributed by atoms with Gasteiger partial charge in [-0.2, -0.15) is 0 Å². The Morgan fingerprint density at radius 3 is 1.38 bits per heavy atom. The zero-order chi connectivity index (χ0) is 24.2. The molecule has 0 fully saturated rings. The van der Waals surface area contributed by atoms with E-state index in [9.17, 15) is 28.8 Å². The number of carbonyl (C=O) groups is 6. The van der Waals surface area contributed by atoms with Gasteiger partial charge < -0.3 is 20.4 Å². The van der Waals surface area contributed by atoms with Crippen molar-refractivity contribution in [2.75, 3.05) is 40.3 Å². The third-order valence-electron chi connectivity index (χ3n) is 4.48. The van der Waals surface area contributed by atoms with Crippen LogP contribution in [-0.2, 0) is 28.8 Å². The zero-order valence-electron chi connectivity index (χ0n) is 18.9. The molecule has 0 saturated carbocycles. The SMILES string of the molecule is CN(CCC(=O)NCCCCCCNC(=O)CCN(C)C(=O)/C=C\C=O)C(=O)/C=C\C=O. The molecule has 0 spiro atoms. The molecule has 0 aromatic rings. The van der Waals surface area contributed by atoms with Gasteiger partial charge in [-0.1, -0.05) is 12.8 Å². The van der Waals surface area contributed by atoms with Crippen LogP contribution in [0.3, 0.4) is 0 Å². The summed E-state index contributed by atoms with van der Waals surface area (Å²) in [5.74, 6) is -0.934. The fourth-order valence-electron chi connectivity index (χ4n) is 2.49. The van der Waals surface area contributed by atoms with Gasteiger partial charge in [0.2, 0.25) is 23.6 Å². The summed E-state index contributed by atoms with van der Waals surface area (Å²) in [7, 11) is 3.13. The van der Waals surface area contributed by atoms with Gasteiger partial charge in [-0.15, -0.1) is 0 Å². The number of nitrogens with zero attached hydrogens (tertiary/aromatic N) is 2. The lowest BCUT2D eigenvalue weighted by atomic mass is 10.2. The first-order valence-corrected chi connectivity index (χ1v) is 10.6.